The summed E-state index contributed by atoms with van der Waals surface area (Å²) in [5, 5.41) is 6.09. The molecule has 27 heavy (non-hydrogen) atoms. The van der Waals surface area contributed by atoms with E-state index in [0.29, 0.717) is 30.3 Å². The van der Waals surface area contributed by atoms with Crippen LogP contribution in [0.4, 0.5) is 5.69 Å². The number of anilines is 1. The van der Waals surface area contributed by atoms with Gasteiger partial charge < -0.3 is 15.4 Å². The number of fused-ring (bicyclic) bond motifs is 1. The molecule has 0 saturated carbocycles. The Kier molecular flexibility index (Phi) is 6.55. The van der Waals surface area contributed by atoms with Crippen molar-refractivity contribution in [3.8, 4) is 0 Å². The van der Waals surface area contributed by atoms with Crippen molar-refractivity contribution in [2.75, 3.05) is 18.7 Å². The molecule has 2 aromatic carbocycles. The van der Waals surface area contributed by atoms with Gasteiger partial charge in [0, 0.05) is 28.3 Å². The van der Waals surface area contributed by atoms with Crippen LogP contribution in [-0.2, 0) is 9.53 Å². The molecule has 1 amide bonds. The van der Waals surface area contributed by atoms with Crippen LogP contribution >= 0.6 is 24.2 Å². The van der Waals surface area contributed by atoms with E-state index in [1.807, 2.05) is 30.3 Å². The van der Waals surface area contributed by atoms with Crippen molar-refractivity contribution in [3.63, 3.8) is 0 Å². The molecular weight excluding hydrogens is 384 g/mol. The molecule has 1 atom stereocenters. The average molecular weight is 403 g/mol. The summed E-state index contributed by atoms with van der Waals surface area (Å²) in [6, 6.07) is 13.5. The predicted octanol–water partition coefficient (Wildman–Crippen LogP) is 3.77. The highest BCUT2D eigenvalue weighted by Gasteiger charge is 2.22. The highest BCUT2D eigenvalue weighted by atomic mass is 35.5. The summed E-state index contributed by atoms with van der Waals surface area (Å²) in [4.78, 5) is 24.5. The molecule has 5 nitrogen and oxygen atoms in total. The molecule has 0 bridgehead atoms. The van der Waals surface area contributed by atoms with Crippen LogP contribution in [0, 0.1) is 0 Å². The summed E-state index contributed by atoms with van der Waals surface area (Å²) in [7, 11) is 0. The number of amides is 1. The van der Waals surface area contributed by atoms with E-state index in [1.54, 1.807) is 24.3 Å². The molecule has 0 fully saturated rings. The van der Waals surface area contributed by atoms with Crippen LogP contribution in [0.25, 0.3) is 5.57 Å². The number of nitrogens with one attached hydrogen (secondary N) is 2. The number of hydrogen-bond acceptors (Lipinski definition) is 4. The summed E-state index contributed by atoms with van der Waals surface area (Å²) in [6.45, 7) is 0.818. The molecule has 0 aromatic heterocycles. The normalized spacial score (nSPS) is 16.6. The maximum absolute atomic E-state index is 12.5. The fourth-order valence-corrected chi connectivity index (χ4v) is 3.11. The minimum atomic E-state index is -0.768. The van der Waals surface area contributed by atoms with E-state index in [0.717, 1.165) is 16.8 Å². The molecule has 0 radical (unpaired) electrons. The SMILES string of the molecule is O=C(NC(C/C1=C/COCNc2ccccc21)C(=O)S)c1ccc(Cl)cc1. The first-order chi connectivity index (χ1) is 13.0. The number of para-hydroxylation sites is 1. The van der Waals surface area contributed by atoms with Crippen LogP contribution in [0.2, 0.25) is 5.02 Å². The van der Waals surface area contributed by atoms with Crippen molar-refractivity contribution >= 4 is 46.5 Å². The number of halogens is 1. The Morgan fingerprint density at radius 3 is 2.67 bits per heavy atom. The van der Waals surface area contributed by atoms with Gasteiger partial charge in [-0.05, 0) is 35.9 Å². The summed E-state index contributed by atoms with van der Waals surface area (Å²) >= 11 is 9.82. The van der Waals surface area contributed by atoms with Crippen molar-refractivity contribution in [2.45, 2.75) is 12.5 Å². The number of benzene rings is 2. The fourth-order valence-electron chi connectivity index (χ4n) is 2.83. The summed E-state index contributed by atoms with van der Waals surface area (Å²) in [5.41, 5.74) is 3.22. The van der Waals surface area contributed by atoms with Gasteiger partial charge in [-0.1, -0.05) is 35.9 Å². The lowest BCUT2D eigenvalue weighted by Crippen LogP contribution is -2.39. The maximum Gasteiger partial charge on any atom is 0.251 e. The van der Waals surface area contributed by atoms with Crippen molar-refractivity contribution in [1.29, 1.82) is 0 Å². The minimum Gasteiger partial charge on any atom is -0.362 e. The van der Waals surface area contributed by atoms with Crippen LogP contribution in [0.5, 0.6) is 0 Å². The quantitative estimate of drug-likeness (QED) is 0.666. The van der Waals surface area contributed by atoms with Crippen molar-refractivity contribution < 1.29 is 14.3 Å². The Bertz CT molecular complexity index is 868. The van der Waals surface area contributed by atoms with E-state index >= 15 is 0 Å². The molecule has 7 heteroatoms. The average Bonchev–Trinajstić information content (AvgIpc) is 2.64. The van der Waals surface area contributed by atoms with Gasteiger partial charge in [0.05, 0.1) is 6.61 Å². The standard InChI is InChI=1S/C20H19ClN2O3S/c21-15-7-5-13(6-8-15)19(24)23-18(20(25)27)11-14-9-10-26-12-22-17-4-2-1-3-16(14)17/h1-9,18,22H,10-12H2,(H,23,24)(H,25,27)/b14-9-. The lowest BCUT2D eigenvalue weighted by molar-refractivity contribution is -0.112. The van der Waals surface area contributed by atoms with E-state index in [9.17, 15) is 9.59 Å². The van der Waals surface area contributed by atoms with Crippen molar-refractivity contribution in [3.05, 3.63) is 70.8 Å². The highest BCUT2D eigenvalue weighted by molar-refractivity contribution is 7.96. The Morgan fingerprint density at radius 1 is 1.19 bits per heavy atom. The van der Waals surface area contributed by atoms with E-state index in [2.05, 4.69) is 23.3 Å². The number of carbonyl (C=O) groups excluding carboxylic acids is 2. The molecule has 1 unspecified atom stereocenters. The molecule has 3 rings (SSSR count). The van der Waals surface area contributed by atoms with E-state index in [1.165, 1.54) is 0 Å². The van der Waals surface area contributed by atoms with Crippen LogP contribution in [-0.4, -0.2) is 30.4 Å². The predicted molar refractivity (Wildman–Crippen MR) is 110 cm³/mol. The van der Waals surface area contributed by atoms with E-state index in [4.69, 9.17) is 16.3 Å². The summed E-state index contributed by atoms with van der Waals surface area (Å²) in [5.74, 6) is -0.354. The zero-order chi connectivity index (χ0) is 19.2. The molecule has 0 aliphatic carbocycles. The van der Waals surface area contributed by atoms with Crippen molar-refractivity contribution in [2.24, 2.45) is 0 Å². The molecule has 1 aliphatic heterocycles. The Morgan fingerprint density at radius 2 is 1.93 bits per heavy atom. The third kappa shape index (κ3) is 5.13. The van der Waals surface area contributed by atoms with Gasteiger partial charge in [0.1, 0.15) is 12.8 Å². The van der Waals surface area contributed by atoms with Gasteiger partial charge in [0.15, 0.2) is 0 Å². The Hall–Kier alpha value is -2.28. The monoisotopic (exact) mass is 402 g/mol. The third-order valence-electron chi connectivity index (χ3n) is 4.22. The number of ether oxygens (including phenoxy) is 1. The molecule has 2 aromatic rings. The van der Waals surface area contributed by atoms with Gasteiger partial charge in [-0.25, -0.2) is 0 Å². The molecule has 1 aliphatic rings. The summed E-state index contributed by atoms with van der Waals surface area (Å²) < 4.78 is 5.47. The van der Waals surface area contributed by atoms with Gasteiger partial charge in [0.2, 0.25) is 5.12 Å². The zero-order valence-corrected chi connectivity index (χ0v) is 16.1. The Balaban J connectivity index is 1.80. The summed E-state index contributed by atoms with van der Waals surface area (Å²) in [6.07, 6.45) is 2.24. The number of hydrogen-bond donors (Lipinski definition) is 3. The van der Waals surface area contributed by atoms with Crippen LogP contribution in [0.15, 0.2) is 54.6 Å². The third-order valence-corrected chi connectivity index (χ3v) is 4.78. The number of rotatable bonds is 5. The van der Waals surface area contributed by atoms with E-state index in [-0.39, 0.29) is 5.91 Å². The number of carbonyl (C=O) groups is 2. The molecule has 2 N–H and O–H groups in total. The van der Waals surface area contributed by atoms with Gasteiger partial charge in [-0.15, -0.1) is 12.6 Å². The molecular formula is C20H19ClN2O3S. The fraction of sp³-hybridized carbons (Fsp3) is 0.200. The second kappa shape index (κ2) is 9.08. The lowest BCUT2D eigenvalue weighted by atomic mass is 9.96. The Labute approximate surface area is 168 Å². The smallest absolute Gasteiger partial charge is 0.251 e. The maximum atomic E-state index is 12.5. The molecule has 0 spiro atoms. The molecule has 140 valence electrons. The van der Waals surface area contributed by atoms with Crippen molar-refractivity contribution in [1.82, 2.24) is 5.32 Å². The lowest BCUT2D eigenvalue weighted by Gasteiger charge is -2.22. The van der Waals surface area contributed by atoms with Crippen LogP contribution < -0.4 is 10.6 Å². The highest BCUT2D eigenvalue weighted by Crippen LogP contribution is 2.29. The zero-order valence-electron chi connectivity index (χ0n) is 14.4. The van der Waals surface area contributed by atoms with Gasteiger partial charge in [-0.2, -0.15) is 0 Å². The largest absolute Gasteiger partial charge is 0.362 e. The van der Waals surface area contributed by atoms with Crippen LogP contribution in [0.1, 0.15) is 22.3 Å². The van der Waals surface area contributed by atoms with Gasteiger partial charge >= 0.3 is 0 Å². The minimum absolute atomic E-state index is 0.309. The number of thiol groups is 1. The first kappa shape index (κ1) is 19.5. The first-order valence-electron chi connectivity index (χ1n) is 8.44. The molecule has 0 saturated heterocycles. The van der Waals surface area contributed by atoms with E-state index < -0.39 is 11.2 Å². The topological polar surface area (TPSA) is 67.4 Å². The van der Waals surface area contributed by atoms with Crippen LogP contribution in [0.3, 0.4) is 0 Å². The molecule has 1 heterocycles. The van der Waals surface area contributed by atoms with Gasteiger partial charge in [0.25, 0.3) is 5.91 Å². The second-order valence-corrected chi connectivity index (χ2v) is 6.92. The second-order valence-electron chi connectivity index (χ2n) is 6.04. The van der Waals surface area contributed by atoms with Gasteiger partial charge in [-0.3, -0.25) is 9.59 Å². The first-order valence-corrected chi connectivity index (χ1v) is 9.26.